The molecule has 3 aliphatic rings. The number of carbonyl (C=O) groups is 4. The van der Waals surface area contributed by atoms with Crippen molar-refractivity contribution < 1.29 is 19.2 Å². The molecule has 3 aliphatic heterocycles. The van der Waals surface area contributed by atoms with Gasteiger partial charge in [0.2, 0.25) is 17.7 Å². The molecule has 0 spiro atoms. The van der Waals surface area contributed by atoms with Gasteiger partial charge in [0.05, 0.1) is 18.6 Å². The molecule has 1 aromatic carbocycles. The van der Waals surface area contributed by atoms with Gasteiger partial charge in [-0.15, -0.1) is 0 Å². The van der Waals surface area contributed by atoms with Gasteiger partial charge in [0.15, 0.2) is 5.11 Å². The molecular weight excluding hydrogens is 562 g/mol. The normalized spacial score (nSPS) is 22.9. The summed E-state index contributed by atoms with van der Waals surface area (Å²) in [4.78, 5) is 50.5. The SMILES string of the molecule is CCCNC(=O)[C@@H]1CCCN1C(=O)CNC(=S)Nc1ccc(CNC(=O)CCCC[C@@H]2SC[C@@H]3NC(=O)N[C@@H]32)cc1. The molecule has 5 amide bonds. The summed E-state index contributed by atoms with van der Waals surface area (Å²) in [6.45, 7) is 3.63. The molecule has 3 saturated heterocycles. The monoisotopic (exact) mass is 603 g/mol. The van der Waals surface area contributed by atoms with Crippen LogP contribution in [-0.2, 0) is 20.9 Å². The first-order chi connectivity index (χ1) is 19.8. The van der Waals surface area contributed by atoms with E-state index >= 15 is 0 Å². The number of likely N-dealkylation sites (tertiary alicyclic amines) is 1. The summed E-state index contributed by atoms with van der Waals surface area (Å²) in [5, 5.41) is 18.6. The molecule has 13 heteroatoms. The number of unbranched alkanes of at least 4 members (excludes halogenated alkanes) is 1. The van der Waals surface area contributed by atoms with Gasteiger partial charge in [-0.25, -0.2) is 4.79 Å². The molecule has 0 aromatic heterocycles. The first-order valence-corrected chi connectivity index (χ1v) is 16.0. The maximum absolute atomic E-state index is 12.7. The molecule has 1 aromatic rings. The summed E-state index contributed by atoms with van der Waals surface area (Å²) in [7, 11) is 0. The lowest BCUT2D eigenvalue weighted by molar-refractivity contribution is -0.137. The van der Waals surface area contributed by atoms with Crippen LogP contribution in [0.1, 0.15) is 57.4 Å². The highest BCUT2D eigenvalue weighted by molar-refractivity contribution is 8.00. The molecule has 3 fully saturated rings. The Morgan fingerprint density at radius 3 is 2.68 bits per heavy atom. The minimum atomic E-state index is -0.412. The second-order valence-corrected chi connectivity index (χ2v) is 12.4. The van der Waals surface area contributed by atoms with E-state index in [4.69, 9.17) is 12.2 Å². The van der Waals surface area contributed by atoms with Crippen molar-refractivity contribution >= 4 is 58.5 Å². The maximum Gasteiger partial charge on any atom is 0.315 e. The van der Waals surface area contributed by atoms with E-state index in [1.807, 2.05) is 43.0 Å². The maximum atomic E-state index is 12.7. The van der Waals surface area contributed by atoms with E-state index in [0.29, 0.717) is 42.8 Å². The molecule has 4 atom stereocenters. The van der Waals surface area contributed by atoms with Gasteiger partial charge in [0, 0.05) is 42.7 Å². The molecule has 11 nitrogen and oxygen atoms in total. The number of thiocarbonyl (C=S) groups is 1. The Labute approximate surface area is 251 Å². The van der Waals surface area contributed by atoms with E-state index in [1.54, 1.807) is 4.90 Å². The summed E-state index contributed by atoms with van der Waals surface area (Å²) >= 11 is 7.24. The van der Waals surface area contributed by atoms with Crippen LogP contribution in [-0.4, -0.2) is 82.5 Å². The van der Waals surface area contributed by atoms with Gasteiger partial charge in [-0.1, -0.05) is 25.5 Å². The summed E-state index contributed by atoms with van der Waals surface area (Å²) in [5.41, 5.74) is 1.74. The minimum Gasteiger partial charge on any atom is -0.354 e. The number of hydrogen-bond donors (Lipinski definition) is 6. The van der Waals surface area contributed by atoms with E-state index < -0.39 is 6.04 Å². The molecule has 41 heavy (non-hydrogen) atoms. The fraction of sp³-hybridized carbons (Fsp3) is 0.607. The van der Waals surface area contributed by atoms with Crippen LogP contribution in [0.4, 0.5) is 10.5 Å². The fourth-order valence-electron chi connectivity index (χ4n) is 5.41. The fourth-order valence-corrected chi connectivity index (χ4v) is 7.14. The van der Waals surface area contributed by atoms with E-state index in [1.165, 1.54) is 0 Å². The van der Waals surface area contributed by atoms with Crippen LogP contribution >= 0.6 is 24.0 Å². The van der Waals surface area contributed by atoms with Crippen molar-refractivity contribution in [2.75, 3.05) is 30.7 Å². The highest BCUT2D eigenvalue weighted by Crippen LogP contribution is 2.33. The lowest BCUT2D eigenvalue weighted by Gasteiger charge is -2.24. The minimum absolute atomic E-state index is 0.0157. The van der Waals surface area contributed by atoms with Crippen molar-refractivity contribution in [3.05, 3.63) is 29.8 Å². The Balaban J connectivity index is 1.09. The molecule has 6 N–H and O–H groups in total. The number of rotatable bonds is 13. The Hall–Kier alpha value is -3.06. The number of amides is 5. The highest BCUT2D eigenvalue weighted by atomic mass is 32.2. The lowest BCUT2D eigenvalue weighted by Crippen LogP contribution is -2.49. The number of fused-ring (bicyclic) bond motifs is 1. The predicted octanol–water partition coefficient (Wildman–Crippen LogP) is 1.83. The van der Waals surface area contributed by atoms with E-state index in [9.17, 15) is 19.2 Å². The first-order valence-electron chi connectivity index (χ1n) is 14.5. The third-order valence-corrected chi connectivity index (χ3v) is 9.36. The summed E-state index contributed by atoms with van der Waals surface area (Å²) in [6, 6.07) is 7.53. The molecular formula is C28H41N7O4S2. The number of carbonyl (C=O) groups excluding carboxylic acids is 4. The van der Waals surface area contributed by atoms with E-state index in [0.717, 1.165) is 49.1 Å². The Morgan fingerprint density at radius 1 is 1.10 bits per heavy atom. The molecule has 0 radical (unpaired) electrons. The zero-order valence-corrected chi connectivity index (χ0v) is 25.1. The van der Waals surface area contributed by atoms with Crippen LogP contribution in [0.25, 0.3) is 0 Å². The van der Waals surface area contributed by atoms with Gasteiger partial charge in [-0.05, 0) is 62.0 Å². The average molecular weight is 604 g/mol. The van der Waals surface area contributed by atoms with Gasteiger partial charge < -0.3 is 36.8 Å². The molecule has 0 bridgehead atoms. The standard InChI is InChI=1S/C28H41N7O4S2/c1-2-13-29-26(38)21-6-5-14-35(21)24(37)16-31-28(40)32-19-11-9-18(10-12-19)15-30-23(36)8-4-3-7-22-25-20(17-41-22)33-27(39)34-25/h9-12,20-22,25H,2-8,13-17H2,1H3,(H,29,38)(H,30,36)(H2,31,32,40)(H2,33,34,39)/t20-,21-,22-,25-/m0/s1. The van der Waals surface area contributed by atoms with Crippen LogP contribution < -0.4 is 31.9 Å². The van der Waals surface area contributed by atoms with Crippen molar-refractivity contribution in [2.45, 2.75) is 81.8 Å². The molecule has 224 valence electrons. The summed E-state index contributed by atoms with van der Waals surface area (Å²) in [5.74, 6) is 0.730. The van der Waals surface area contributed by atoms with E-state index in [2.05, 4.69) is 31.9 Å². The van der Waals surface area contributed by atoms with Crippen molar-refractivity contribution in [2.24, 2.45) is 0 Å². The van der Waals surface area contributed by atoms with Crippen LogP contribution in [0, 0.1) is 0 Å². The lowest BCUT2D eigenvalue weighted by atomic mass is 10.0. The Bertz CT molecular complexity index is 1100. The van der Waals surface area contributed by atoms with Crippen LogP contribution in [0.15, 0.2) is 24.3 Å². The highest BCUT2D eigenvalue weighted by Gasteiger charge is 2.42. The number of thioether (sulfide) groups is 1. The smallest absolute Gasteiger partial charge is 0.315 e. The third-order valence-electron chi connectivity index (χ3n) is 7.61. The number of nitrogens with one attached hydrogen (secondary N) is 6. The Morgan fingerprint density at radius 2 is 1.90 bits per heavy atom. The van der Waals surface area contributed by atoms with E-state index in [-0.39, 0.29) is 42.4 Å². The van der Waals surface area contributed by atoms with Crippen molar-refractivity contribution in [1.29, 1.82) is 0 Å². The van der Waals surface area contributed by atoms with Gasteiger partial charge in [0.25, 0.3) is 0 Å². The van der Waals surface area contributed by atoms with Crippen molar-refractivity contribution in [3.63, 3.8) is 0 Å². The van der Waals surface area contributed by atoms with Gasteiger partial charge in [0.1, 0.15) is 6.04 Å². The average Bonchev–Trinajstić information content (AvgIpc) is 3.69. The summed E-state index contributed by atoms with van der Waals surface area (Å²) < 4.78 is 0. The van der Waals surface area contributed by atoms with Gasteiger partial charge in [-0.2, -0.15) is 11.8 Å². The third kappa shape index (κ3) is 8.96. The molecule has 4 rings (SSSR count). The second-order valence-electron chi connectivity index (χ2n) is 10.7. The largest absolute Gasteiger partial charge is 0.354 e. The van der Waals surface area contributed by atoms with Crippen LogP contribution in [0.5, 0.6) is 0 Å². The zero-order valence-electron chi connectivity index (χ0n) is 23.5. The van der Waals surface area contributed by atoms with Gasteiger partial charge >= 0.3 is 6.03 Å². The van der Waals surface area contributed by atoms with Crippen molar-refractivity contribution in [3.8, 4) is 0 Å². The second kappa shape index (κ2) is 15.2. The molecule has 3 heterocycles. The molecule has 0 unspecified atom stereocenters. The molecule has 0 saturated carbocycles. The van der Waals surface area contributed by atoms with Crippen molar-refractivity contribution in [1.82, 2.24) is 31.5 Å². The molecule has 0 aliphatic carbocycles. The Kier molecular flexibility index (Phi) is 11.5. The number of urea groups is 1. The zero-order chi connectivity index (χ0) is 29.2. The quantitative estimate of drug-likeness (QED) is 0.114. The number of hydrogen-bond acceptors (Lipinski definition) is 6. The van der Waals surface area contributed by atoms with Crippen LogP contribution in [0.3, 0.4) is 0 Å². The number of benzene rings is 1. The van der Waals surface area contributed by atoms with Gasteiger partial charge in [-0.3, -0.25) is 14.4 Å². The van der Waals surface area contributed by atoms with Crippen LogP contribution in [0.2, 0.25) is 0 Å². The first kappa shape index (κ1) is 30.9. The topological polar surface area (TPSA) is 144 Å². The number of nitrogens with zero attached hydrogens (tertiary/aromatic N) is 1. The summed E-state index contributed by atoms with van der Waals surface area (Å²) in [6.07, 6.45) is 5.60. The number of anilines is 1. The predicted molar refractivity (Wildman–Crippen MR) is 165 cm³/mol.